The lowest BCUT2D eigenvalue weighted by Gasteiger charge is -2.29. The van der Waals surface area contributed by atoms with Crippen LogP contribution in [0.2, 0.25) is 0 Å². The number of benzene rings is 2. The molecular weight excluding hydrogens is 368 g/mol. The van der Waals surface area contributed by atoms with Crippen molar-refractivity contribution in [1.29, 1.82) is 0 Å². The van der Waals surface area contributed by atoms with Crippen LogP contribution in [0.4, 0.5) is 0 Å². The van der Waals surface area contributed by atoms with Gasteiger partial charge in [-0.05, 0) is 55.7 Å². The number of nitrogens with one attached hydrogen (secondary N) is 1. The van der Waals surface area contributed by atoms with Gasteiger partial charge in [-0.2, -0.15) is 0 Å². The molecule has 0 aliphatic rings. The van der Waals surface area contributed by atoms with Gasteiger partial charge in [0.05, 0.1) is 7.11 Å². The van der Waals surface area contributed by atoms with Crippen LogP contribution in [0.15, 0.2) is 48.5 Å². The Morgan fingerprint density at radius 3 is 2.34 bits per heavy atom. The van der Waals surface area contributed by atoms with Gasteiger partial charge in [-0.3, -0.25) is 9.59 Å². The zero-order valence-corrected chi connectivity index (χ0v) is 17.6. The Hall–Kier alpha value is -3.02. The highest BCUT2D eigenvalue weighted by molar-refractivity contribution is 5.88. The number of carbonyl (C=O) groups excluding carboxylic acids is 2. The first-order valence-electron chi connectivity index (χ1n) is 9.84. The number of methoxy groups -OCH3 is 1. The van der Waals surface area contributed by atoms with Crippen LogP contribution < -0.4 is 14.8 Å². The molecular formula is C23H30N2O4. The Kier molecular flexibility index (Phi) is 8.52. The van der Waals surface area contributed by atoms with E-state index >= 15 is 0 Å². The molecule has 29 heavy (non-hydrogen) atoms. The first kappa shape index (κ1) is 22.3. The van der Waals surface area contributed by atoms with E-state index in [0.717, 1.165) is 17.5 Å². The molecule has 1 atom stereocenters. The summed E-state index contributed by atoms with van der Waals surface area (Å²) in [4.78, 5) is 27.0. The van der Waals surface area contributed by atoms with Crippen LogP contribution in [-0.2, 0) is 16.1 Å². The van der Waals surface area contributed by atoms with Crippen molar-refractivity contribution in [2.75, 3.05) is 20.3 Å². The Labute approximate surface area is 172 Å². The molecule has 2 aromatic rings. The molecule has 0 spiro atoms. The predicted molar refractivity (Wildman–Crippen MR) is 113 cm³/mol. The molecule has 0 aliphatic carbocycles. The molecule has 156 valence electrons. The van der Waals surface area contributed by atoms with Crippen molar-refractivity contribution in [2.24, 2.45) is 0 Å². The van der Waals surface area contributed by atoms with Gasteiger partial charge in [-0.25, -0.2) is 0 Å². The van der Waals surface area contributed by atoms with E-state index in [4.69, 9.17) is 9.47 Å². The highest BCUT2D eigenvalue weighted by Crippen LogP contribution is 2.18. The van der Waals surface area contributed by atoms with Gasteiger partial charge in [0, 0.05) is 13.1 Å². The van der Waals surface area contributed by atoms with Crippen LogP contribution >= 0.6 is 0 Å². The van der Waals surface area contributed by atoms with E-state index < -0.39 is 6.04 Å². The normalized spacial score (nSPS) is 11.4. The molecule has 6 nitrogen and oxygen atoms in total. The van der Waals surface area contributed by atoms with Gasteiger partial charge in [0.1, 0.15) is 17.5 Å². The fourth-order valence-corrected chi connectivity index (χ4v) is 2.85. The van der Waals surface area contributed by atoms with Crippen LogP contribution in [0.1, 0.15) is 31.4 Å². The SMILES string of the molecule is CCCNC(=O)[C@@H](C)N(Cc1ccccc1C)C(=O)COc1ccc(OC)cc1. The molecule has 0 aliphatic heterocycles. The minimum atomic E-state index is -0.604. The van der Waals surface area contributed by atoms with Crippen molar-refractivity contribution >= 4 is 11.8 Å². The van der Waals surface area contributed by atoms with E-state index in [1.165, 1.54) is 0 Å². The summed E-state index contributed by atoms with van der Waals surface area (Å²) in [5.41, 5.74) is 2.07. The van der Waals surface area contributed by atoms with Crippen molar-refractivity contribution in [3.05, 3.63) is 59.7 Å². The molecule has 0 saturated carbocycles. The number of hydrogen-bond acceptors (Lipinski definition) is 4. The van der Waals surface area contributed by atoms with Gasteiger partial charge < -0.3 is 19.7 Å². The second kappa shape index (κ2) is 11.1. The quantitative estimate of drug-likeness (QED) is 0.667. The monoisotopic (exact) mass is 398 g/mol. The maximum atomic E-state index is 13.0. The molecule has 0 fully saturated rings. The largest absolute Gasteiger partial charge is 0.497 e. The molecule has 0 saturated heterocycles. The number of aryl methyl sites for hydroxylation is 1. The first-order chi connectivity index (χ1) is 14.0. The Balaban J connectivity index is 2.12. The summed E-state index contributed by atoms with van der Waals surface area (Å²) in [6.45, 7) is 6.51. The van der Waals surface area contributed by atoms with Gasteiger partial charge in [-0.1, -0.05) is 31.2 Å². The van der Waals surface area contributed by atoms with E-state index in [1.54, 1.807) is 43.2 Å². The Morgan fingerprint density at radius 1 is 1.07 bits per heavy atom. The fourth-order valence-electron chi connectivity index (χ4n) is 2.85. The van der Waals surface area contributed by atoms with Crippen molar-refractivity contribution in [3.8, 4) is 11.5 Å². The molecule has 1 N–H and O–H groups in total. The number of amides is 2. The lowest BCUT2D eigenvalue weighted by Crippen LogP contribution is -2.49. The van der Waals surface area contributed by atoms with Crippen molar-refractivity contribution in [3.63, 3.8) is 0 Å². The van der Waals surface area contributed by atoms with Gasteiger partial charge in [-0.15, -0.1) is 0 Å². The maximum absolute atomic E-state index is 13.0. The summed E-state index contributed by atoms with van der Waals surface area (Å²) < 4.78 is 10.8. The molecule has 2 aromatic carbocycles. The third-order valence-electron chi connectivity index (χ3n) is 4.74. The lowest BCUT2D eigenvalue weighted by atomic mass is 10.1. The van der Waals surface area contributed by atoms with Crippen molar-refractivity contribution in [2.45, 2.75) is 39.8 Å². The third-order valence-corrected chi connectivity index (χ3v) is 4.74. The second-order valence-electron chi connectivity index (χ2n) is 6.88. The molecule has 0 bridgehead atoms. The van der Waals surface area contributed by atoms with E-state index in [2.05, 4.69) is 5.32 Å². The highest BCUT2D eigenvalue weighted by Gasteiger charge is 2.26. The van der Waals surface area contributed by atoms with Gasteiger partial charge >= 0.3 is 0 Å². The van der Waals surface area contributed by atoms with E-state index in [-0.39, 0.29) is 18.4 Å². The van der Waals surface area contributed by atoms with Gasteiger partial charge in [0.2, 0.25) is 5.91 Å². The highest BCUT2D eigenvalue weighted by atomic mass is 16.5. The molecule has 0 radical (unpaired) electrons. The van der Waals surface area contributed by atoms with E-state index in [1.807, 2.05) is 38.1 Å². The lowest BCUT2D eigenvalue weighted by molar-refractivity contribution is -0.142. The first-order valence-corrected chi connectivity index (χ1v) is 9.84. The number of hydrogen-bond donors (Lipinski definition) is 1. The summed E-state index contributed by atoms with van der Waals surface area (Å²) >= 11 is 0. The van der Waals surface area contributed by atoms with Crippen LogP contribution in [-0.4, -0.2) is 43.0 Å². The van der Waals surface area contributed by atoms with Crippen molar-refractivity contribution in [1.82, 2.24) is 10.2 Å². The van der Waals surface area contributed by atoms with Gasteiger partial charge in [0.25, 0.3) is 5.91 Å². The summed E-state index contributed by atoms with van der Waals surface area (Å²) in [7, 11) is 1.59. The topological polar surface area (TPSA) is 67.9 Å². The Morgan fingerprint density at radius 2 is 1.72 bits per heavy atom. The van der Waals surface area contributed by atoms with Gasteiger partial charge in [0.15, 0.2) is 6.61 Å². The molecule has 2 amide bonds. The molecule has 0 unspecified atom stereocenters. The summed E-state index contributed by atoms with van der Waals surface area (Å²) in [5.74, 6) is 0.866. The number of ether oxygens (including phenoxy) is 2. The smallest absolute Gasteiger partial charge is 0.261 e. The Bertz CT molecular complexity index is 805. The standard InChI is InChI=1S/C23H30N2O4/c1-5-14-24-23(27)18(3)25(15-19-9-7-6-8-17(19)2)22(26)16-29-21-12-10-20(28-4)11-13-21/h6-13,18H,5,14-16H2,1-4H3,(H,24,27)/t18-/m1/s1. The second-order valence-corrected chi connectivity index (χ2v) is 6.88. The van der Waals surface area contributed by atoms with Crippen molar-refractivity contribution < 1.29 is 19.1 Å². The van der Waals surface area contributed by atoms with Crippen LogP contribution in [0.25, 0.3) is 0 Å². The maximum Gasteiger partial charge on any atom is 0.261 e. The van der Waals surface area contributed by atoms with Crippen LogP contribution in [0.5, 0.6) is 11.5 Å². The van der Waals surface area contributed by atoms with Crippen LogP contribution in [0.3, 0.4) is 0 Å². The average molecular weight is 399 g/mol. The zero-order valence-electron chi connectivity index (χ0n) is 17.6. The van der Waals surface area contributed by atoms with Crippen LogP contribution in [0, 0.1) is 6.92 Å². The minimum absolute atomic E-state index is 0.149. The van der Waals surface area contributed by atoms with E-state index in [9.17, 15) is 9.59 Å². The zero-order chi connectivity index (χ0) is 21.2. The number of rotatable bonds is 10. The summed E-state index contributed by atoms with van der Waals surface area (Å²) in [5, 5.41) is 2.87. The van der Waals surface area contributed by atoms with E-state index in [0.29, 0.717) is 24.6 Å². The minimum Gasteiger partial charge on any atom is -0.497 e. The summed E-state index contributed by atoms with van der Waals surface area (Å²) in [6.07, 6.45) is 0.838. The fraction of sp³-hybridized carbons (Fsp3) is 0.391. The predicted octanol–water partition coefficient (Wildman–Crippen LogP) is 3.33. The number of carbonyl (C=O) groups is 2. The molecule has 0 aromatic heterocycles. The molecule has 6 heteroatoms. The summed E-state index contributed by atoms with van der Waals surface area (Å²) in [6, 6.07) is 14.3. The molecule has 2 rings (SSSR count). The average Bonchev–Trinajstić information content (AvgIpc) is 2.75. The third kappa shape index (κ3) is 6.52. The molecule has 0 heterocycles. The number of nitrogens with zero attached hydrogens (tertiary/aromatic N) is 1.